The van der Waals surface area contributed by atoms with Gasteiger partial charge in [0.1, 0.15) is 0 Å². The normalized spacial score (nSPS) is 22.6. The molecule has 0 aliphatic carbocycles. The van der Waals surface area contributed by atoms with Gasteiger partial charge >= 0.3 is 0 Å². The van der Waals surface area contributed by atoms with Crippen LogP contribution in [0.3, 0.4) is 0 Å². The van der Waals surface area contributed by atoms with Crippen molar-refractivity contribution in [1.82, 2.24) is 15.1 Å². The van der Waals surface area contributed by atoms with Crippen LogP contribution in [0.5, 0.6) is 0 Å². The van der Waals surface area contributed by atoms with E-state index in [1.165, 1.54) is 0 Å². The zero-order chi connectivity index (χ0) is 12.4. The summed E-state index contributed by atoms with van der Waals surface area (Å²) in [6.07, 6.45) is 1.11. The first-order valence-electron chi connectivity index (χ1n) is 5.72. The average Bonchev–Trinajstić information content (AvgIpc) is 2.43. The Hall–Kier alpha value is -0.580. The van der Waals surface area contributed by atoms with Crippen molar-refractivity contribution in [3.05, 3.63) is 16.4 Å². The summed E-state index contributed by atoms with van der Waals surface area (Å²) < 4.78 is 0. The Morgan fingerprint density at radius 2 is 2.06 bits per heavy atom. The first-order valence-corrected chi connectivity index (χ1v) is 6.47. The smallest absolute Gasteiger partial charge is 0.175 e. The van der Waals surface area contributed by atoms with Crippen LogP contribution >= 0.6 is 23.2 Å². The van der Waals surface area contributed by atoms with Crippen molar-refractivity contribution < 1.29 is 0 Å². The van der Waals surface area contributed by atoms with Crippen molar-refractivity contribution in [1.29, 1.82) is 0 Å². The van der Waals surface area contributed by atoms with Crippen molar-refractivity contribution in [2.45, 2.75) is 19.4 Å². The summed E-state index contributed by atoms with van der Waals surface area (Å²) in [5.41, 5.74) is 0.884. The maximum atomic E-state index is 6.10. The van der Waals surface area contributed by atoms with Gasteiger partial charge in [0.15, 0.2) is 10.3 Å². The molecule has 4 nitrogen and oxygen atoms in total. The number of likely N-dealkylation sites (N-methyl/N-ethyl adjacent to an activating group) is 1. The Morgan fingerprint density at radius 3 is 2.82 bits per heavy atom. The van der Waals surface area contributed by atoms with E-state index >= 15 is 0 Å². The van der Waals surface area contributed by atoms with Gasteiger partial charge in [-0.1, -0.05) is 23.2 Å². The molecule has 0 N–H and O–H groups in total. The summed E-state index contributed by atoms with van der Waals surface area (Å²) in [7, 11) is 2.14. The first-order chi connectivity index (χ1) is 8.08. The predicted molar refractivity (Wildman–Crippen MR) is 71.0 cm³/mol. The molecule has 0 saturated carbocycles. The summed E-state index contributed by atoms with van der Waals surface area (Å²) in [5, 5.41) is 8.42. The highest BCUT2D eigenvalue weighted by Gasteiger charge is 2.22. The van der Waals surface area contributed by atoms with E-state index in [0.29, 0.717) is 16.3 Å². The molecule has 1 aromatic rings. The molecule has 2 heterocycles. The number of hydrogen-bond acceptors (Lipinski definition) is 4. The van der Waals surface area contributed by atoms with E-state index in [1.807, 2.05) is 0 Å². The molecule has 1 aliphatic rings. The molecule has 6 heteroatoms. The van der Waals surface area contributed by atoms with Gasteiger partial charge < -0.3 is 9.80 Å². The number of hydrogen-bond donors (Lipinski definition) is 0. The van der Waals surface area contributed by atoms with Gasteiger partial charge in [0, 0.05) is 25.2 Å². The number of nitrogens with zero attached hydrogens (tertiary/aromatic N) is 4. The van der Waals surface area contributed by atoms with Gasteiger partial charge in [0.25, 0.3) is 0 Å². The fraction of sp³-hybridized carbons (Fsp3) is 0.636. The molecule has 0 radical (unpaired) electrons. The minimum atomic E-state index is 0.384. The highest BCUT2D eigenvalue weighted by atomic mass is 35.5. The standard InChI is InChI=1S/C11H16Cl2N4/c1-8-7-16(2)4-3-5-17(8)9-6-10(12)14-15-11(9)13/h6,8H,3-5,7H2,1-2H3. The predicted octanol–water partition coefficient (Wildman–Crippen LogP) is 2.31. The van der Waals surface area contributed by atoms with Gasteiger partial charge in [0.05, 0.1) is 5.69 Å². The molecular formula is C11H16Cl2N4. The third-order valence-electron chi connectivity index (χ3n) is 3.06. The summed E-state index contributed by atoms with van der Waals surface area (Å²) in [5.74, 6) is 0. The van der Waals surface area contributed by atoms with E-state index in [4.69, 9.17) is 23.2 Å². The molecule has 94 valence electrons. The van der Waals surface area contributed by atoms with E-state index in [9.17, 15) is 0 Å². The summed E-state index contributed by atoms with van der Waals surface area (Å²) in [6, 6.07) is 2.18. The van der Waals surface area contributed by atoms with Crippen molar-refractivity contribution in [3.63, 3.8) is 0 Å². The Bertz CT molecular complexity index is 399. The van der Waals surface area contributed by atoms with Gasteiger partial charge in [-0.2, -0.15) is 0 Å². The number of halogens is 2. The van der Waals surface area contributed by atoms with Crippen molar-refractivity contribution >= 4 is 28.9 Å². The first kappa shape index (κ1) is 12.9. The lowest BCUT2D eigenvalue weighted by Gasteiger charge is -2.30. The van der Waals surface area contributed by atoms with Crippen molar-refractivity contribution in [2.24, 2.45) is 0 Å². The van der Waals surface area contributed by atoms with Crippen LogP contribution in [0.1, 0.15) is 13.3 Å². The van der Waals surface area contributed by atoms with Crippen molar-refractivity contribution in [2.75, 3.05) is 31.6 Å². The summed E-state index contributed by atoms with van der Waals surface area (Å²) >= 11 is 12.0. The molecule has 0 amide bonds. The van der Waals surface area contributed by atoms with Gasteiger partial charge in [-0.15, -0.1) is 10.2 Å². The van der Waals surface area contributed by atoms with Crippen LogP contribution in [0.15, 0.2) is 6.07 Å². The highest BCUT2D eigenvalue weighted by Crippen LogP contribution is 2.28. The molecule has 1 aliphatic heterocycles. The molecule has 0 spiro atoms. The van der Waals surface area contributed by atoms with Crippen molar-refractivity contribution in [3.8, 4) is 0 Å². The topological polar surface area (TPSA) is 32.3 Å². The van der Waals surface area contributed by atoms with E-state index in [-0.39, 0.29) is 0 Å². The van der Waals surface area contributed by atoms with Crippen LogP contribution in [0.25, 0.3) is 0 Å². The molecule has 1 fully saturated rings. The lowest BCUT2D eigenvalue weighted by Crippen LogP contribution is -2.38. The molecular weight excluding hydrogens is 259 g/mol. The van der Waals surface area contributed by atoms with Crippen LogP contribution < -0.4 is 4.90 Å². The van der Waals surface area contributed by atoms with Crippen LogP contribution in [0.2, 0.25) is 10.3 Å². The second-order valence-electron chi connectivity index (χ2n) is 4.50. The number of anilines is 1. The zero-order valence-electron chi connectivity index (χ0n) is 10.0. The molecule has 1 saturated heterocycles. The second kappa shape index (κ2) is 5.38. The molecule has 1 unspecified atom stereocenters. The fourth-order valence-electron chi connectivity index (χ4n) is 2.28. The van der Waals surface area contributed by atoms with Gasteiger partial charge in [-0.25, -0.2) is 0 Å². The van der Waals surface area contributed by atoms with Crippen LogP contribution in [-0.4, -0.2) is 47.8 Å². The molecule has 1 atom stereocenters. The molecule has 0 bridgehead atoms. The van der Waals surface area contributed by atoms with Gasteiger partial charge in [0.2, 0.25) is 0 Å². The van der Waals surface area contributed by atoms with Gasteiger partial charge in [-0.05, 0) is 26.9 Å². The SMILES string of the molecule is CC1CN(C)CCCN1c1cc(Cl)nnc1Cl. The zero-order valence-corrected chi connectivity index (χ0v) is 11.5. The Kier molecular flexibility index (Phi) is 4.07. The van der Waals surface area contributed by atoms with E-state index in [0.717, 1.165) is 31.7 Å². The third-order valence-corrected chi connectivity index (χ3v) is 3.51. The van der Waals surface area contributed by atoms with E-state index in [1.54, 1.807) is 6.07 Å². The molecule has 17 heavy (non-hydrogen) atoms. The molecule has 1 aromatic heterocycles. The maximum absolute atomic E-state index is 6.10. The Labute approximate surface area is 112 Å². The monoisotopic (exact) mass is 274 g/mol. The second-order valence-corrected chi connectivity index (χ2v) is 5.25. The van der Waals surface area contributed by atoms with Crippen LogP contribution in [0.4, 0.5) is 5.69 Å². The lowest BCUT2D eigenvalue weighted by molar-refractivity contribution is 0.337. The third kappa shape index (κ3) is 3.00. The molecule has 2 rings (SSSR count). The minimum Gasteiger partial charge on any atom is -0.365 e. The fourth-order valence-corrected chi connectivity index (χ4v) is 2.62. The quantitative estimate of drug-likeness (QED) is 0.787. The lowest BCUT2D eigenvalue weighted by atomic mass is 10.2. The number of rotatable bonds is 1. The summed E-state index contributed by atoms with van der Waals surface area (Å²) in [4.78, 5) is 4.58. The largest absolute Gasteiger partial charge is 0.365 e. The van der Waals surface area contributed by atoms with Gasteiger partial charge in [-0.3, -0.25) is 0 Å². The van der Waals surface area contributed by atoms with Crippen LogP contribution in [-0.2, 0) is 0 Å². The Morgan fingerprint density at radius 1 is 1.29 bits per heavy atom. The minimum absolute atomic E-state index is 0.384. The Balaban J connectivity index is 2.28. The number of aromatic nitrogens is 2. The average molecular weight is 275 g/mol. The maximum Gasteiger partial charge on any atom is 0.175 e. The highest BCUT2D eigenvalue weighted by molar-refractivity contribution is 6.33. The molecule has 0 aromatic carbocycles. The van der Waals surface area contributed by atoms with E-state index in [2.05, 4.69) is 34.0 Å². The van der Waals surface area contributed by atoms with E-state index < -0.39 is 0 Å². The van der Waals surface area contributed by atoms with Crippen LogP contribution in [0, 0.1) is 0 Å². The summed E-state index contributed by atoms with van der Waals surface area (Å²) in [6.45, 7) is 5.26.